The van der Waals surface area contributed by atoms with Crippen LogP contribution in [-0.2, 0) is 21.8 Å². The highest BCUT2D eigenvalue weighted by molar-refractivity contribution is 6.35. The van der Waals surface area contributed by atoms with Gasteiger partial charge in [-0.05, 0) is 48.5 Å². The van der Waals surface area contributed by atoms with Crippen molar-refractivity contribution in [3.63, 3.8) is 0 Å². The number of para-hydroxylation sites is 1. The molecule has 4 aromatic rings. The van der Waals surface area contributed by atoms with E-state index < -0.39 is 5.79 Å². The fourth-order valence-electron chi connectivity index (χ4n) is 4.01. The summed E-state index contributed by atoms with van der Waals surface area (Å²) in [7, 11) is 0. The normalized spacial score (nSPS) is 18.9. The number of carbonyl (C=O) groups excluding carboxylic acids is 1. The van der Waals surface area contributed by atoms with Crippen LogP contribution in [0.25, 0.3) is 0 Å². The molecule has 2 heterocycles. The van der Waals surface area contributed by atoms with Gasteiger partial charge in [-0.3, -0.25) is 0 Å². The molecule has 1 aliphatic heterocycles. The van der Waals surface area contributed by atoms with Crippen LogP contribution in [0.4, 0.5) is 16.2 Å². The van der Waals surface area contributed by atoms with E-state index in [4.69, 9.17) is 37.4 Å². The molecule has 190 valence electrons. The number of hydrogen-bond acceptors (Lipinski definition) is 5. The summed E-state index contributed by atoms with van der Waals surface area (Å²) >= 11 is 12.6. The zero-order chi connectivity index (χ0) is 25.7. The Morgan fingerprint density at radius 2 is 1.81 bits per heavy atom. The number of nitrogens with one attached hydrogen (secondary N) is 2. The van der Waals surface area contributed by atoms with Crippen LogP contribution in [-0.4, -0.2) is 34.9 Å². The van der Waals surface area contributed by atoms with Gasteiger partial charge in [0.05, 0.1) is 24.5 Å². The molecular formula is C27H24Cl2N4O4. The van der Waals surface area contributed by atoms with Crippen LogP contribution in [0, 0.1) is 0 Å². The van der Waals surface area contributed by atoms with Gasteiger partial charge in [-0.1, -0.05) is 47.5 Å². The van der Waals surface area contributed by atoms with Gasteiger partial charge < -0.3 is 29.4 Å². The molecule has 2 atom stereocenters. The smallest absolute Gasteiger partial charge is 0.323 e. The summed E-state index contributed by atoms with van der Waals surface area (Å²) in [4.78, 5) is 16.3. The molecule has 3 aromatic carbocycles. The van der Waals surface area contributed by atoms with Crippen LogP contribution in [0.5, 0.6) is 5.75 Å². The molecule has 0 saturated carbocycles. The number of anilines is 2. The largest absolute Gasteiger partial charge is 0.491 e. The number of aromatic nitrogens is 2. The first-order valence-corrected chi connectivity index (χ1v) is 12.3. The molecule has 2 N–H and O–H groups in total. The maximum atomic E-state index is 12.2. The summed E-state index contributed by atoms with van der Waals surface area (Å²) in [5.74, 6) is -0.481. The molecule has 1 aromatic heterocycles. The predicted molar refractivity (Wildman–Crippen MR) is 142 cm³/mol. The second-order valence-corrected chi connectivity index (χ2v) is 9.29. The Hall–Kier alpha value is -3.56. The van der Waals surface area contributed by atoms with Crippen molar-refractivity contribution >= 4 is 40.6 Å². The molecule has 0 spiro atoms. The zero-order valence-electron chi connectivity index (χ0n) is 19.6. The van der Waals surface area contributed by atoms with Gasteiger partial charge >= 0.3 is 6.03 Å². The highest BCUT2D eigenvalue weighted by Crippen LogP contribution is 2.40. The lowest BCUT2D eigenvalue weighted by Gasteiger charge is -2.30. The third kappa shape index (κ3) is 6.23. The summed E-state index contributed by atoms with van der Waals surface area (Å²) in [5.41, 5.74) is 2.03. The van der Waals surface area contributed by atoms with E-state index in [1.54, 1.807) is 48.9 Å². The highest BCUT2D eigenvalue weighted by atomic mass is 35.5. The number of imidazole rings is 1. The number of benzene rings is 3. The minimum atomic E-state index is -1.11. The summed E-state index contributed by atoms with van der Waals surface area (Å²) in [5, 5.41) is 6.55. The Kier molecular flexibility index (Phi) is 7.62. The molecule has 1 fully saturated rings. The minimum Gasteiger partial charge on any atom is -0.491 e. The van der Waals surface area contributed by atoms with E-state index in [2.05, 4.69) is 15.6 Å². The average Bonchev–Trinajstić information content (AvgIpc) is 3.55. The number of hydrogen-bond donors (Lipinski definition) is 2. The Morgan fingerprint density at radius 3 is 2.51 bits per heavy atom. The van der Waals surface area contributed by atoms with Crippen LogP contribution >= 0.6 is 23.2 Å². The second-order valence-electron chi connectivity index (χ2n) is 8.44. The standard InChI is InChI=1S/C27H24Cl2N4O4/c28-19-6-11-24(25(29)14-19)27(17-33-13-12-30-18-33)36-16-23(37-27)15-35-22-9-7-21(8-10-22)32-26(34)31-20-4-2-1-3-5-20/h1-14,18,23H,15-17H2,(H2,31,32,34)/t23-,27-/m1/s1. The third-order valence-corrected chi connectivity index (χ3v) is 6.28. The van der Waals surface area contributed by atoms with E-state index in [9.17, 15) is 4.79 Å². The topological polar surface area (TPSA) is 86.6 Å². The van der Waals surface area contributed by atoms with Crippen molar-refractivity contribution < 1.29 is 19.0 Å². The fourth-order valence-corrected chi connectivity index (χ4v) is 4.57. The monoisotopic (exact) mass is 538 g/mol. The van der Waals surface area contributed by atoms with Crippen molar-refractivity contribution in [2.24, 2.45) is 0 Å². The van der Waals surface area contributed by atoms with E-state index in [1.807, 2.05) is 47.2 Å². The molecule has 0 bridgehead atoms. The number of urea groups is 1. The molecule has 37 heavy (non-hydrogen) atoms. The first kappa shape index (κ1) is 25.1. The van der Waals surface area contributed by atoms with E-state index >= 15 is 0 Å². The maximum absolute atomic E-state index is 12.2. The van der Waals surface area contributed by atoms with Gasteiger partial charge in [0.2, 0.25) is 5.79 Å². The number of nitrogens with zero attached hydrogens (tertiary/aromatic N) is 2. The van der Waals surface area contributed by atoms with Crippen LogP contribution in [0.1, 0.15) is 5.56 Å². The van der Waals surface area contributed by atoms with Gasteiger partial charge in [-0.15, -0.1) is 0 Å². The van der Waals surface area contributed by atoms with Crippen LogP contribution in [0.15, 0.2) is 91.5 Å². The average molecular weight is 539 g/mol. The Labute approximate surface area is 224 Å². The summed E-state index contributed by atoms with van der Waals surface area (Å²) < 4.78 is 20.4. The lowest BCUT2D eigenvalue weighted by molar-refractivity contribution is -0.189. The Balaban J connectivity index is 1.20. The molecule has 1 aliphatic rings. The van der Waals surface area contributed by atoms with Gasteiger partial charge in [0.15, 0.2) is 0 Å². The molecule has 1 saturated heterocycles. The first-order chi connectivity index (χ1) is 18.0. The summed E-state index contributed by atoms with van der Waals surface area (Å²) in [6, 6.07) is 21.2. The Morgan fingerprint density at radius 1 is 1.05 bits per heavy atom. The fraction of sp³-hybridized carbons (Fsp3) is 0.185. The van der Waals surface area contributed by atoms with Gasteiger partial charge in [-0.2, -0.15) is 0 Å². The van der Waals surface area contributed by atoms with E-state index in [1.165, 1.54) is 0 Å². The first-order valence-electron chi connectivity index (χ1n) is 11.6. The van der Waals surface area contributed by atoms with Gasteiger partial charge in [0, 0.05) is 34.4 Å². The van der Waals surface area contributed by atoms with Crippen molar-refractivity contribution in [3.05, 3.63) is 107 Å². The molecule has 0 aliphatic carbocycles. The lowest BCUT2D eigenvalue weighted by atomic mass is 10.1. The number of rotatable bonds is 8. The molecular weight excluding hydrogens is 515 g/mol. The number of ether oxygens (including phenoxy) is 3. The van der Waals surface area contributed by atoms with Gasteiger partial charge in [0.25, 0.3) is 0 Å². The van der Waals surface area contributed by atoms with E-state index in [0.717, 1.165) is 0 Å². The molecule has 0 unspecified atom stereocenters. The highest BCUT2D eigenvalue weighted by Gasteiger charge is 2.45. The van der Waals surface area contributed by atoms with Crippen molar-refractivity contribution in [3.8, 4) is 5.75 Å². The van der Waals surface area contributed by atoms with Crippen LogP contribution < -0.4 is 15.4 Å². The number of carbonyl (C=O) groups is 1. The predicted octanol–water partition coefficient (Wildman–Crippen LogP) is 6.18. The van der Waals surface area contributed by atoms with Crippen molar-refractivity contribution in [2.75, 3.05) is 23.8 Å². The van der Waals surface area contributed by atoms with E-state index in [0.29, 0.717) is 45.9 Å². The van der Waals surface area contributed by atoms with Crippen LogP contribution in [0.3, 0.4) is 0 Å². The lowest BCUT2D eigenvalue weighted by Crippen LogP contribution is -2.34. The summed E-state index contributed by atoms with van der Waals surface area (Å²) in [6.45, 7) is 0.932. The maximum Gasteiger partial charge on any atom is 0.323 e. The quantitative estimate of drug-likeness (QED) is 0.279. The number of halogens is 2. The van der Waals surface area contributed by atoms with Crippen molar-refractivity contribution in [1.29, 1.82) is 0 Å². The van der Waals surface area contributed by atoms with Crippen molar-refractivity contribution in [2.45, 2.75) is 18.4 Å². The molecule has 10 heteroatoms. The molecule has 2 amide bonds. The second kappa shape index (κ2) is 11.2. The van der Waals surface area contributed by atoms with Gasteiger partial charge in [0.1, 0.15) is 18.5 Å². The summed E-state index contributed by atoms with van der Waals surface area (Å²) in [6.07, 6.45) is 4.87. The SMILES string of the molecule is O=C(Nc1ccccc1)Nc1ccc(OC[C@@H]2CO[C@@](Cn3ccnc3)(c3ccc(Cl)cc3Cl)O2)cc1. The zero-order valence-corrected chi connectivity index (χ0v) is 21.2. The van der Waals surface area contributed by atoms with Gasteiger partial charge in [-0.25, -0.2) is 9.78 Å². The molecule has 0 radical (unpaired) electrons. The van der Waals surface area contributed by atoms with Crippen LogP contribution in [0.2, 0.25) is 10.0 Å². The van der Waals surface area contributed by atoms with E-state index in [-0.39, 0.29) is 18.7 Å². The Bertz CT molecular complexity index is 1340. The molecule has 5 rings (SSSR count). The van der Waals surface area contributed by atoms with Crippen molar-refractivity contribution in [1.82, 2.24) is 9.55 Å². The minimum absolute atomic E-state index is 0.262. The third-order valence-electron chi connectivity index (χ3n) is 5.73. The molecule has 8 nitrogen and oxygen atoms in total. The number of amides is 2.